The topological polar surface area (TPSA) is 62.8 Å². The summed E-state index contributed by atoms with van der Waals surface area (Å²) in [6.07, 6.45) is 0.916. The molecule has 0 saturated heterocycles. The summed E-state index contributed by atoms with van der Waals surface area (Å²) in [5.74, 6) is 1.45. The number of fused-ring (bicyclic) bond motifs is 1. The Hall–Kier alpha value is -2.73. The van der Waals surface area contributed by atoms with Crippen LogP contribution in [0.3, 0.4) is 0 Å². The van der Waals surface area contributed by atoms with E-state index in [1.165, 1.54) is 22.3 Å². The van der Waals surface area contributed by atoms with Crippen LogP contribution in [0.15, 0.2) is 36.4 Å². The first-order chi connectivity index (χ1) is 15.1. The van der Waals surface area contributed by atoms with Crippen LogP contribution in [0, 0.1) is 6.92 Å². The number of nitrogens with one attached hydrogen (secondary N) is 2. The molecule has 0 saturated carbocycles. The fraction of sp³-hybridized carbons (Fsp3) is 0.500. The summed E-state index contributed by atoms with van der Waals surface area (Å²) < 4.78 is 11.1. The van der Waals surface area contributed by atoms with Gasteiger partial charge in [-0.3, -0.25) is 4.90 Å². The molecule has 2 atom stereocenters. The molecule has 0 aromatic heterocycles. The molecule has 0 spiro atoms. The maximum atomic E-state index is 12.7. The maximum Gasteiger partial charge on any atom is 0.315 e. The Morgan fingerprint density at radius 1 is 1.12 bits per heavy atom. The molecule has 1 heterocycles. The molecule has 0 bridgehead atoms. The van der Waals surface area contributed by atoms with Gasteiger partial charge in [-0.05, 0) is 69.9 Å². The van der Waals surface area contributed by atoms with Gasteiger partial charge >= 0.3 is 6.03 Å². The molecule has 6 nitrogen and oxygen atoms in total. The van der Waals surface area contributed by atoms with Crippen molar-refractivity contribution in [2.75, 3.05) is 20.8 Å². The summed E-state index contributed by atoms with van der Waals surface area (Å²) in [6, 6.07) is 12.5. The highest BCUT2D eigenvalue weighted by Crippen LogP contribution is 2.40. The Kier molecular flexibility index (Phi) is 7.34. The number of urea groups is 1. The summed E-state index contributed by atoms with van der Waals surface area (Å²) in [5.41, 5.74) is 4.62. The Morgan fingerprint density at radius 2 is 1.75 bits per heavy atom. The van der Waals surface area contributed by atoms with Crippen LogP contribution in [-0.2, 0) is 13.0 Å². The van der Waals surface area contributed by atoms with Crippen molar-refractivity contribution in [3.05, 3.63) is 58.7 Å². The summed E-state index contributed by atoms with van der Waals surface area (Å²) in [4.78, 5) is 15.1. The van der Waals surface area contributed by atoms with E-state index in [0.29, 0.717) is 5.75 Å². The lowest BCUT2D eigenvalue weighted by Gasteiger charge is -2.41. The fourth-order valence-electron chi connectivity index (χ4n) is 4.38. The molecular weight excluding hydrogens is 402 g/mol. The number of benzene rings is 2. The fourth-order valence-corrected chi connectivity index (χ4v) is 4.38. The molecule has 2 aromatic rings. The van der Waals surface area contributed by atoms with Crippen molar-refractivity contribution in [3.8, 4) is 11.5 Å². The minimum Gasteiger partial charge on any atom is -0.493 e. The van der Waals surface area contributed by atoms with Crippen molar-refractivity contribution < 1.29 is 14.3 Å². The van der Waals surface area contributed by atoms with E-state index in [-0.39, 0.29) is 23.7 Å². The van der Waals surface area contributed by atoms with Crippen LogP contribution in [0.1, 0.15) is 56.0 Å². The zero-order chi connectivity index (χ0) is 23.5. The third-order valence-corrected chi connectivity index (χ3v) is 5.85. The van der Waals surface area contributed by atoms with Crippen molar-refractivity contribution in [2.24, 2.45) is 0 Å². The zero-order valence-electron chi connectivity index (χ0n) is 20.4. The van der Waals surface area contributed by atoms with E-state index in [9.17, 15) is 4.79 Å². The smallest absolute Gasteiger partial charge is 0.315 e. The van der Waals surface area contributed by atoms with E-state index in [1.54, 1.807) is 14.2 Å². The molecule has 32 heavy (non-hydrogen) atoms. The number of nitrogens with zero attached hydrogens (tertiary/aromatic N) is 1. The molecule has 2 aromatic carbocycles. The summed E-state index contributed by atoms with van der Waals surface area (Å²) in [7, 11) is 3.32. The van der Waals surface area contributed by atoms with Gasteiger partial charge in [-0.25, -0.2) is 4.79 Å². The number of amides is 2. The lowest BCUT2D eigenvalue weighted by Crippen LogP contribution is -2.53. The highest BCUT2D eigenvalue weighted by molar-refractivity contribution is 5.75. The number of aryl methyl sites for hydroxylation is 1. The zero-order valence-corrected chi connectivity index (χ0v) is 20.4. The Balaban J connectivity index is 1.95. The van der Waals surface area contributed by atoms with Crippen molar-refractivity contribution in [1.29, 1.82) is 0 Å². The van der Waals surface area contributed by atoms with E-state index < -0.39 is 0 Å². The Bertz CT molecular complexity index is 935. The molecule has 0 fully saturated rings. The Morgan fingerprint density at radius 3 is 2.34 bits per heavy atom. The van der Waals surface area contributed by atoms with Crippen molar-refractivity contribution >= 4 is 6.03 Å². The highest BCUT2D eigenvalue weighted by Gasteiger charge is 2.34. The van der Waals surface area contributed by atoms with Gasteiger partial charge in [-0.1, -0.05) is 29.8 Å². The number of rotatable bonds is 6. The standard InChI is InChI=1S/C26H37N3O3/c1-17-8-10-19(11-9-17)16-29-13-12-20-14-22(31-6)23(32-7)15-21(20)24(29)18(2)27-25(30)28-26(3,4)5/h8-11,14-15,18,24H,12-13,16H2,1-7H3,(H2,27,28,30). The molecule has 2 unspecified atom stereocenters. The first-order valence-corrected chi connectivity index (χ1v) is 11.2. The first-order valence-electron chi connectivity index (χ1n) is 11.2. The van der Waals surface area contributed by atoms with Gasteiger partial charge in [0.2, 0.25) is 0 Å². The molecule has 1 aliphatic heterocycles. The summed E-state index contributed by atoms with van der Waals surface area (Å²) in [6.45, 7) is 11.8. The largest absolute Gasteiger partial charge is 0.493 e. The predicted molar refractivity (Wildman–Crippen MR) is 128 cm³/mol. The predicted octanol–water partition coefficient (Wildman–Crippen LogP) is 4.60. The van der Waals surface area contributed by atoms with Crippen LogP contribution >= 0.6 is 0 Å². The molecular formula is C26H37N3O3. The lowest BCUT2D eigenvalue weighted by molar-refractivity contribution is 0.142. The quantitative estimate of drug-likeness (QED) is 0.691. The second kappa shape index (κ2) is 9.82. The van der Waals surface area contributed by atoms with Gasteiger partial charge in [0, 0.05) is 24.7 Å². The average molecular weight is 440 g/mol. The first kappa shape index (κ1) is 23.9. The lowest BCUT2D eigenvalue weighted by atomic mass is 9.87. The highest BCUT2D eigenvalue weighted by atomic mass is 16.5. The van der Waals surface area contributed by atoms with Gasteiger partial charge < -0.3 is 20.1 Å². The number of ether oxygens (including phenoxy) is 2. The number of hydrogen-bond donors (Lipinski definition) is 2. The number of carbonyl (C=O) groups is 1. The Labute approximate surface area is 192 Å². The van der Waals surface area contributed by atoms with Gasteiger partial charge in [0.15, 0.2) is 11.5 Å². The van der Waals surface area contributed by atoms with Gasteiger partial charge in [-0.15, -0.1) is 0 Å². The number of carbonyl (C=O) groups excluding carboxylic acids is 1. The van der Waals surface area contributed by atoms with Crippen molar-refractivity contribution in [1.82, 2.24) is 15.5 Å². The molecule has 174 valence electrons. The van der Waals surface area contributed by atoms with Gasteiger partial charge in [-0.2, -0.15) is 0 Å². The SMILES string of the molecule is COc1cc2c(cc1OC)C(C(C)NC(=O)NC(C)(C)C)N(Cc1ccc(C)cc1)CC2. The summed E-state index contributed by atoms with van der Waals surface area (Å²) in [5, 5.41) is 6.19. The third kappa shape index (κ3) is 5.74. The molecule has 3 rings (SSSR count). The minimum atomic E-state index is -0.299. The molecule has 2 N–H and O–H groups in total. The van der Waals surface area contributed by atoms with E-state index in [4.69, 9.17) is 9.47 Å². The third-order valence-electron chi connectivity index (χ3n) is 5.85. The second-order valence-electron chi connectivity index (χ2n) is 9.69. The van der Waals surface area contributed by atoms with Crippen LogP contribution in [0.2, 0.25) is 0 Å². The van der Waals surface area contributed by atoms with Crippen molar-refractivity contribution in [2.45, 2.75) is 65.2 Å². The monoisotopic (exact) mass is 439 g/mol. The molecule has 6 heteroatoms. The van der Waals surface area contributed by atoms with Crippen molar-refractivity contribution in [3.63, 3.8) is 0 Å². The number of hydrogen-bond acceptors (Lipinski definition) is 4. The van der Waals surface area contributed by atoms with Crippen LogP contribution < -0.4 is 20.1 Å². The van der Waals surface area contributed by atoms with Crippen LogP contribution in [0.4, 0.5) is 4.79 Å². The van der Waals surface area contributed by atoms with Crippen LogP contribution in [0.5, 0.6) is 11.5 Å². The van der Waals surface area contributed by atoms with Gasteiger partial charge in [0.1, 0.15) is 0 Å². The summed E-state index contributed by atoms with van der Waals surface area (Å²) >= 11 is 0. The van der Waals surface area contributed by atoms with E-state index >= 15 is 0 Å². The second-order valence-corrected chi connectivity index (χ2v) is 9.69. The number of methoxy groups -OCH3 is 2. The van der Waals surface area contributed by atoms with Gasteiger partial charge in [0.05, 0.1) is 20.3 Å². The minimum absolute atomic E-state index is 0.00516. The van der Waals surface area contributed by atoms with E-state index in [0.717, 1.165) is 25.3 Å². The molecule has 0 aliphatic carbocycles. The van der Waals surface area contributed by atoms with Crippen LogP contribution in [0.25, 0.3) is 0 Å². The molecule has 2 amide bonds. The molecule has 1 aliphatic rings. The van der Waals surface area contributed by atoms with E-state index in [1.807, 2.05) is 20.8 Å². The van der Waals surface area contributed by atoms with E-state index in [2.05, 4.69) is 65.8 Å². The van der Waals surface area contributed by atoms with Gasteiger partial charge in [0.25, 0.3) is 0 Å². The average Bonchev–Trinajstić information content (AvgIpc) is 2.72. The normalized spacial score (nSPS) is 17.3. The molecule has 0 radical (unpaired) electrons. The maximum absolute atomic E-state index is 12.7. The van der Waals surface area contributed by atoms with Crippen LogP contribution in [-0.4, -0.2) is 43.3 Å².